The van der Waals surface area contributed by atoms with Gasteiger partial charge in [-0.15, -0.1) is 0 Å². The highest BCUT2D eigenvalue weighted by atomic mass is 16.6. The van der Waals surface area contributed by atoms with E-state index in [0.717, 1.165) is 0 Å². The van der Waals surface area contributed by atoms with Crippen LogP contribution in [0, 0.1) is 10.1 Å². The van der Waals surface area contributed by atoms with E-state index in [2.05, 4.69) is 0 Å². The Morgan fingerprint density at radius 1 is 1.11 bits per heavy atom. The highest BCUT2D eigenvalue weighted by Crippen LogP contribution is 2.40. The fourth-order valence-corrected chi connectivity index (χ4v) is 3.26. The molecule has 0 spiro atoms. The Bertz CT molecular complexity index is 954. The van der Waals surface area contributed by atoms with Crippen LogP contribution in [0.15, 0.2) is 60.2 Å². The number of carbonyl (C=O) groups excluding carboxylic acids is 2. The van der Waals surface area contributed by atoms with E-state index in [9.17, 15) is 24.8 Å². The summed E-state index contributed by atoms with van der Waals surface area (Å²) < 4.78 is 0. The minimum atomic E-state index is -0.980. The highest BCUT2D eigenvalue weighted by Gasteiger charge is 2.46. The molecule has 0 saturated carbocycles. The van der Waals surface area contributed by atoms with Crippen LogP contribution >= 0.6 is 0 Å². The number of aliphatic hydroxyl groups excluding tert-OH is 2. The molecule has 0 aliphatic carbocycles. The second-order valence-corrected chi connectivity index (χ2v) is 6.29. The van der Waals surface area contributed by atoms with Crippen molar-refractivity contribution < 1.29 is 24.7 Å². The maximum Gasteiger partial charge on any atom is 0.295 e. The van der Waals surface area contributed by atoms with Crippen LogP contribution in [0.5, 0.6) is 0 Å². The quantitative estimate of drug-likeness (QED) is 0.260. The number of rotatable bonds is 6. The molecule has 1 fully saturated rings. The fraction of sp³-hybridized carbons (Fsp3) is 0.200. The van der Waals surface area contributed by atoms with E-state index in [4.69, 9.17) is 5.11 Å². The Morgan fingerprint density at radius 3 is 2.46 bits per heavy atom. The van der Waals surface area contributed by atoms with Crippen LogP contribution in [-0.2, 0) is 9.59 Å². The summed E-state index contributed by atoms with van der Waals surface area (Å²) in [7, 11) is 0. The van der Waals surface area contributed by atoms with Gasteiger partial charge in [0, 0.05) is 30.8 Å². The van der Waals surface area contributed by atoms with E-state index in [1.165, 1.54) is 23.1 Å². The molecule has 8 nitrogen and oxygen atoms in total. The molecule has 2 aromatic carbocycles. The van der Waals surface area contributed by atoms with Crippen molar-refractivity contribution in [2.24, 2.45) is 0 Å². The number of nitro groups is 1. The maximum absolute atomic E-state index is 12.7. The lowest BCUT2D eigenvalue weighted by Gasteiger charge is -2.25. The summed E-state index contributed by atoms with van der Waals surface area (Å²) in [5.74, 6) is -2.03. The van der Waals surface area contributed by atoms with Crippen molar-refractivity contribution >= 4 is 23.1 Å². The van der Waals surface area contributed by atoms with E-state index in [1.807, 2.05) is 0 Å². The number of aliphatic hydroxyl groups is 2. The fourth-order valence-electron chi connectivity index (χ4n) is 3.26. The average Bonchev–Trinajstić information content (AvgIpc) is 2.97. The largest absolute Gasteiger partial charge is 0.507 e. The molecule has 1 heterocycles. The summed E-state index contributed by atoms with van der Waals surface area (Å²) in [4.78, 5) is 37.1. The molecule has 8 heteroatoms. The molecule has 1 unspecified atom stereocenters. The third kappa shape index (κ3) is 3.49. The third-order valence-corrected chi connectivity index (χ3v) is 4.54. The number of amides is 1. The van der Waals surface area contributed by atoms with Gasteiger partial charge in [0.25, 0.3) is 17.4 Å². The Hall–Kier alpha value is -3.52. The summed E-state index contributed by atoms with van der Waals surface area (Å²) in [6.45, 7) is -0.122. The molecule has 0 aromatic heterocycles. The number of ketones is 1. The minimum Gasteiger partial charge on any atom is -0.507 e. The molecular weight excluding hydrogens is 364 g/mol. The molecule has 2 aromatic rings. The number of likely N-dealkylation sites (tertiary alicyclic amines) is 1. The Balaban J connectivity index is 2.18. The van der Waals surface area contributed by atoms with Crippen LogP contribution in [0.1, 0.15) is 23.6 Å². The normalized spacial score (nSPS) is 18.5. The number of non-ortho nitro benzene ring substituents is 1. The van der Waals surface area contributed by atoms with Gasteiger partial charge in [0.15, 0.2) is 0 Å². The molecule has 28 heavy (non-hydrogen) atoms. The Morgan fingerprint density at radius 2 is 1.82 bits per heavy atom. The number of Topliss-reactive ketones (excluding diaryl/α,β-unsaturated/α-hetero) is 1. The molecule has 1 aliphatic rings. The van der Waals surface area contributed by atoms with Crippen LogP contribution in [0.2, 0.25) is 0 Å². The minimum absolute atomic E-state index is 0.0694. The lowest BCUT2D eigenvalue weighted by atomic mass is 9.95. The molecule has 144 valence electrons. The van der Waals surface area contributed by atoms with Crippen molar-refractivity contribution in [1.82, 2.24) is 4.90 Å². The molecule has 0 bridgehead atoms. The number of nitrogens with zero attached hydrogens (tertiary/aromatic N) is 2. The smallest absolute Gasteiger partial charge is 0.295 e. The van der Waals surface area contributed by atoms with Gasteiger partial charge in [0.05, 0.1) is 16.5 Å². The number of hydrogen-bond acceptors (Lipinski definition) is 6. The van der Waals surface area contributed by atoms with Crippen molar-refractivity contribution in [3.05, 3.63) is 81.4 Å². The van der Waals surface area contributed by atoms with Crippen molar-refractivity contribution in [1.29, 1.82) is 0 Å². The zero-order valence-electron chi connectivity index (χ0n) is 14.8. The van der Waals surface area contributed by atoms with Gasteiger partial charge in [-0.05, 0) is 12.0 Å². The van der Waals surface area contributed by atoms with Crippen molar-refractivity contribution in [3.8, 4) is 0 Å². The summed E-state index contributed by atoms with van der Waals surface area (Å²) in [5.41, 5.74) is 0.376. The summed E-state index contributed by atoms with van der Waals surface area (Å²) >= 11 is 0. The Labute approximate surface area is 160 Å². The lowest BCUT2D eigenvalue weighted by molar-refractivity contribution is -0.384. The monoisotopic (exact) mass is 382 g/mol. The second-order valence-electron chi connectivity index (χ2n) is 6.29. The first-order valence-electron chi connectivity index (χ1n) is 8.64. The van der Waals surface area contributed by atoms with Crippen molar-refractivity contribution in [2.45, 2.75) is 12.5 Å². The SMILES string of the molecule is O=C1C(=O)N(CCCO)C(c2cccc([N+](=O)[O-])c2)/C1=C(/O)c1ccccc1. The first kappa shape index (κ1) is 19.2. The summed E-state index contributed by atoms with van der Waals surface area (Å²) in [6, 6.07) is 12.9. The lowest BCUT2D eigenvalue weighted by Crippen LogP contribution is -2.31. The van der Waals surface area contributed by atoms with Gasteiger partial charge >= 0.3 is 0 Å². The van der Waals surface area contributed by atoms with Crippen LogP contribution in [0.25, 0.3) is 5.76 Å². The zero-order valence-corrected chi connectivity index (χ0v) is 14.8. The summed E-state index contributed by atoms with van der Waals surface area (Å²) in [5, 5.41) is 31.0. The number of hydrogen-bond donors (Lipinski definition) is 2. The van der Waals surface area contributed by atoms with E-state index < -0.39 is 22.7 Å². The number of nitro benzene ring substituents is 1. The van der Waals surface area contributed by atoms with Gasteiger partial charge in [-0.3, -0.25) is 19.7 Å². The van der Waals surface area contributed by atoms with Gasteiger partial charge in [-0.2, -0.15) is 0 Å². The van der Waals surface area contributed by atoms with Gasteiger partial charge < -0.3 is 15.1 Å². The zero-order chi connectivity index (χ0) is 20.3. The Kier molecular flexibility index (Phi) is 5.51. The average molecular weight is 382 g/mol. The number of carbonyl (C=O) groups is 2. The van der Waals surface area contributed by atoms with Gasteiger partial charge in [0.2, 0.25) is 0 Å². The van der Waals surface area contributed by atoms with Crippen molar-refractivity contribution in [3.63, 3.8) is 0 Å². The van der Waals surface area contributed by atoms with Crippen LogP contribution in [-0.4, -0.2) is 44.9 Å². The molecule has 3 rings (SSSR count). The molecule has 2 N–H and O–H groups in total. The predicted octanol–water partition coefficient (Wildman–Crippen LogP) is 2.40. The maximum atomic E-state index is 12.7. The van der Waals surface area contributed by atoms with Crippen LogP contribution in [0.3, 0.4) is 0 Å². The van der Waals surface area contributed by atoms with E-state index in [0.29, 0.717) is 11.1 Å². The number of benzene rings is 2. The molecule has 1 saturated heterocycles. The van der Waals surface area contributed by atoms with Crippen molar-refractivity contribution in [2.75, 3.05) is 13.2 Å². The predicted molar refractivity (Wildman–Crippen MR) is 100 cm³/mol. The van der Waals surface area contributed by atoms with E-state index in [-0.39, 0.29) is 36.6 Å². The molecule has 0 radical (unpaired) electrons. The van der Waals surface area contributed by atoms with E-state index >= 15 is 0 Å². The molecular formula is C20H18N2O6. The molecule has 1 atom stereocenters. The van der Waals surface area contributed by atoms with Gasteiger partial charge in [-0.25, -0.2) is 0 Å². The second kappa shape index (κ2) is 8.01. The highest BCUT2D eigenvalue weighted by molar-refractivity contribution is 6.46. The van der Waals surface area contributed by atoms with E-state index in [1.54, 1.807) is 36.4 Å². The molecule has 1 amide bonds. The van der Waals surface area contributed by atoms with Gasteiger partial charge in [0.1, 0.15) is 5.76 Å². The molecule has 1 aliphatic heterocycles. The topological polar surface area (TPSA) is 121 Å². The van der Waals surface area contributed by atoms with Crippen LogP contribution in [0.4, 0.5) is 5.69 Å². The first-order chi connectivity index (χ1) is 13.5. The standard InChI is InChI=1S/C20H18N2O6/c23-11-5-10-21-17(14-8-4-9-15(12-14)22(27)28)16(19(25)20(21)26)18(24)13-6-2-1-3-7-13/h1-4,6-9,12,17,23-24H,5,10-11H2/b18-16-. The third-order valence-electron chi connectivity index (χ3n) is 4.54. The summed E-state index contributed by atoms with van der Waals surface area (Å²) in [6.07, 6.45) is 0.226. The van der Waals surface area contributed by atoms with Gasteiger partial charge in [-0.1, -0.05) is 42.5 Å². The first-order valence-corrected chi connectivity index (χ1v) is 8.64. The van der Waals surface area contributed by atoms with Crippen LogP contribution < -0.4 is 0 Å².